The summed E-state index contributed by atoms with van der Waals surface area (Å²) in [5.74, 6) is 0.192. The first kappa shape index (κ1) is 11.7. The molecule has 0 spiro atoms. The zero-order valence-electron chi connectivity index (χ0n) is 10.4. The van der Waals surface area contributed by atoms with Crippen molar-refractivity contribution in [1.29, 1.82) is 0 Å². The third kappa shape index (κ3) is 2.33. The molecule has 0 aliphatic carbocycles. The zero-order valence-corrected chi connectivity index (χ0v) is 10.4. The van der Waals surface area contributed by atoms with Crippen molar-refractivity contribution < 1.29 is 4.79 Å². The maximum Gasteiger partial charge on any atom is 0.227 e. The van der Waals surface area contributed by atoms with Gasteiger partial charge in [0.2, 0.25) is 5.91 Å². The molecule has 3 nitrogen and oxygen atoms in total. The molecule has 1 heterocycles. The van der Waals surface area contributed by atoms with Crippen molar-refractivity contribution in [2.24, 2.45) is 0 Å². The number of carbonyl (C=O) groups is 1. The van der Waals surface area contributed by atoms with E-state index in [-0.39, 0.29) is 5.91 Å². The highest BCUT2D eigenvalue weighted by atomic mass is 16.2. The topological polar surface area (TPSA) is 36.1 Å². The molecule has 0 radical (unpaired) electrons. The highest BCUT2D eigenvalue weighted by Crippen LogP contribution is 2.17. The maximum absolute atomic E-state index is 12.1. The smallest absolute Gasteiger partial charge is 0.227 e. The minimum absolute atomic E-state index is 0.192. The summed E-state index contributed by atoms with van der Waals surface area (Å²) < 4.78 is 0. The normalized spacial score (nSPS) is 10.7. The lowest BCUT2D eigenvalue weighted by Gasteiger charge is -2.18. The van der Waals surface area contributed by atoms with Crippen LogP contribution in [0.4, 0.5) is 0 Å². The molecule has 2 rings (SSSR count). The van der Waals surface area contributed by atoms with Gasteiger partial charge in [-0.1, -0.05) is 18.2 Å². The monoisotopic (exact) mass is 230 g/mol. The highest BCUT2D eigenvalue weighted by molar-refractivity contribution is 5.88. The number of amides is 1. The second-order valence-electron chi connectivity index (χ2n) is 4.10. The molecular formula is C14H18N2O. The Bertz CT molecular complexity index is 512. The minimum atomic E-state index is 0.192. The number of carbonyl (C=O) groups excluding carboxylic acids is 1. The standard InChI is InChI=1S/C14H18N2O/c1-3-16(4-2)13(17)10-12-7-5-6-11-8-9-15-14(11)12/h5-9,15H,3-4,10H2,1-2H3. The number of rotatable bonds is 4. The molecule has 0 saturated carbocycles. The number of fused-ring (bicyclic) bond motifs is 1. The summed E-state index contributed by atoms with van der Waals surface area (Å²) in [5.41, 5.74) is 2.15. The predicted octanol–water partition coefficient (Wildman–Crippen LogP) is 2.58. The van der Waals surface area contributed by atoms with Gasteiger partial charge >= 0.3 is 0 Å². The van der Waals surface area contributed by atoms with Gasteiger partial charge in [0, 0.05) is 24.8 Å². The molecule has 0 aliphatic heterocycles. The van der Waals surface area contributed by atoms with E-state index >= 15 is 0 Å². The van der Waals surface area contributed by atoms with Crippen LogP contribution in [0.5, 0.6) is 0 Å². The van der Waals surface area contributed by atoms with Crippen molar-refractivity contribution in [3.63, 3.8) is 0 Å². The summed E-state index contributed by atoms with van der Waals surface area (Å²) in [7, 11) is 0. The second kappa shape index (κ2) is 5.04. The number of benzene rings is 1. The number of likely N-dealkylation sites (N-methyl/N-ethyl adjacent to an activating group) is 1. The molecule has 0 fully saturated rings. The fraction of sp³-hybridized carbons (Fsp3) is 0.357. The number of hydrogen-bond acceptors (Lipinski definition) is 1. The van der Waals surface area contributed by atoms with Crippen LogP contribution in [-0.4, -0.2) is 28.9 Å². The van der Waals surface area contributed by atoms with Crippen LogP contribution in [0.1, 0.15) is 19.4 Å². The van der Waals surface area contributed by atoms with Crippen molar-refractivity contribution in [3.8, 4) is 0 Å². The number of nitrogens with zero attached hydrogens (tertiary/aromatic N) is 1. The highest BCUT2D eigenvalue weighted by Gasteiger charge is 2.12. The number of hydrogen-bond donors (Lipinski definition) is 1. The first-order valence-electron chi connectivity index (χ1n) is 6.09. The molecule has 0 bridgehead atoms. The third-order valence-electron chi connectivity index (χ3n) is 3.13. The molecular weight excluding hydrogens is 212 g/mol. The number of aromatic nitrogens is 1. The summed E-state index contributed by atoms with van der Waals surface area (Å²) in [4.78, 5) is 17.1. The SMILES string of the molecule is CCN(CC)C(=O)Cc1cccc2cc[nH]c12. The number of aromatic amines is 1. The van der Waals surface area contributed by atoms with E-state index in [1.54, 1.807) is 0 Å². The van der Waals surface area contributed by atoms with Crippen LogP contribution >= 0.6 is 0 Å². The summed E-state index contributed by atoms with van der Waals surface area (Å²) >= 11 is 0. The van der Waals surface area contributed by atoms with Crippen LogP contribution < -0.4 is 0 Å². The zero-order chi connectivity index (χ0) is 12.3. The summed E-state index contributed by atoms with van der Waals surface area (Å²) in [6.07, 6.45) is 2.38. The van der Waals surface area contributed by atoms with E-state index in [4.69, 9.17) is 0 Å². The van der Waals surface area contributed by atoms with Crippen LogP contribution in [0.15, 0.2) is 30.5 Å². The largest absolute Gasteiger partial charge is 0.361 e. The van der Waals surface area contributed by atoms with Gasteiger partial charge in [-0.3, -0.25) is 4.79 Å². The fourth-order valence-electron chi connectivity index (χ4n) is 2.15. The Morgan fingerprint density at radius 1 is 1.24 bits per heavy atom. The van der Waals surface area contributed by atoms with Crippen LogP contribution in [0.2, 0.25) is 0 Å². The van der Waals surface area contributed by atoms with E-state index in [9.17, 15) is 4.79 Å². The predicted molar refractivity (Wildman–Crippen MR) is 69.9 cm³/mol. The minimum Gasteiger partial charge on any atom is -0.361 e. The van der Waals surface area contributed by atoms with Crippen molar-refractivity contribution >= 4 is 16.8 Å². The molecule has 90 valence electrons. The van der Waals surface area contributed by atoms with Gasteiger partial charge in [-0.15, -0.1) is 0 Å². The van der Waals surface area contributed by atoms with Crippen LogP contribution in [0.25, 0.3) is 10.9 Å². The van der Waals surface area contributed by atoms with E-state index in [1.165, 1.54) is 0 Å². The Hall–Kier alpha value is -1.77. The van der Waals surface area contributed by atoms with Gasteiger partial charge in [0.05, 0.1) is 6.42 Å². The lowest BCUT2D eigenvalue weighted by atomic mass is 10.1. The summed E-state index contributed by atoms with van der Waals surface area (Å²) in [6.45, 7) is 5.57. The van der Waals surface area contributed by atoms with Crippen molar-refractivity contribution in [2.75, 3.05) is 13.1 Å². The lowest BCUT2D eigenvalue weighted by molar-refractivity contribution is -0.130. The van der Waals surface area contributed by atoms with Crippen LogP contribution in [0, 0.1) is 0 Å². The van der Waals surface area contributed by atoms with Crippen molar-refractivity contribution in [3.05, 3.63) is 36.0 Å². The average molecular weight is 230 g/mol. The number of H-pyrrole nitrogens is 1. The van der Waals surface area contributed by atoms with Gasteiger partial charge in [-0.2, -0.15) is 0 Å². The van der Waals surface area contributed by atoms with E-state index in [0.29, 0.717) is 6.42 Å². The van der Waals surface area contributed by atoms with Crippen LogP contribution in [-0.2, 0) is 11.2 Å². The molecule has 1 amide bonds. The Kier molecular flexibility index (Phi) is 3.47. The Balaban J connectivity index is 2.23. The molecule has 1 aromatic heterocycles. The molecule has 0 saturated heterocycles. The van der Waals surface area contributed by atoms with E-state index < -0.39 is 0 Å². The second-order valence-corrected chi connectivity index (χ2v) is 4.10. The third-order valence-corrected chi connectivity index (χ3v) is 3.13. The molecule has 0 aliphatic rings. The maximum atomic E-state index is 12.1. The Labute approximate surface area is 101 Å². The van der Waals surface area contributed by atoms with Gasteiger partial charge in [0.25, 0.3) is 0 Å². The van der Waals surface area contributed by atoms with Crippen molar-refractivity contribution in [2.45, 2.75) is 20.3 Å². The first-order chi connectivity index (χ1) is 8.26. The quantitative estimate of drug-likeness (QED) is 0.861. The molecule has 1 aromatic carbocycles. The molecule has 2 aromatic rings. The molecule has 0 unspecified atom stereocenters. The van der Waals surface area contributed by atoms with E-state index in [1.807, 2.05) is 43.1 Å². The number of nitrogens with one attached hydrogen (secondary N) is 1. The van der Waals surface area contributed by atoms with E-state index in [2.05, 4.69) is 11.1 Å². The van der Waals surface area contributed by atoms with Gasteiger partial charge < -0.3 is 9.88 Å². The van der Waals surface area contributed by atoms with Crippen LogP contribution in [0.3, 0.4) is 0 Å². The Morgan fingerprint density at radius 2 is 2.00 bits per heavy atom. The average Bonchev–Trinajstić information content (AvgIpc) is 2.80. The Morgan fingerprint density at radius 3 is 2.71 bits per heavy atom. The molecule has 17 heavy (non-hydrogen) atoms. The molecule has 1 N–H and O–H groups in total. The fourth-order valence-corrected chi connectivity index (χ4v) is 2.15. The first-order valence-corrected chi connectivity index (χ1v) is 6.09. The molecule has 3 heteroatoms. The van der Waals surface area contributed by atoms with Gasteiger partial charge in [-0.05, 0) is 30.9 Å². The van der Waals surface area contributed by atoms with Gasteiger partial charge in [0.15, 0.2) is 0 Å². The van der Waals surface area contributed by atoms with Gasteiger partial charge in [0.1, 0.15) is 0 Å². The summed E-state index contributed by atoms with van der Waals surface area (Å²) in [5, 5.41) is 1.16. The number of para-hydroxylation sites is 1. The molecule has 0 atom stereocenters. The van der Waals surface area contributed by atoms with E-state index in [0.717, 1.165) is 29.6 Å². The van der Waals surface area contributed by atoms with Crippen molar-refractivity contribution in [1.82, 2.24) is 9.88 Å². The van der Waals surface area contributed by atoms with Gasteiger partial charge in [-0.25, -0.2) is 0 Å². The lowest BCUT2D eigenvalue weighted by Crippen LogP contribution is -2.31. The summed E-state index contributed by atoms with van der Waals surface area (Å²) in [6, 6.07) is 8.10.